The number of para-hydroxylation sites is 1. The third-order valence-electron chi connectivity index (χ3n) is 3.63. The van der Waals surface area contributed by atoms with E-state index in [1.165, 1.54) is 4.68 Å². The Labute approximate surface area is 145 Å². The Hall–Kier alpha value is -3.22. The Morgan fingerprint density at radius 1 is 1.24 bits per heavy atom. The normalized spacial score (nSPS) is 11.8. The van der Waals surface area contributed by atoms with Gasteiger partial charge in [0, 0.05) is 6.20 Å². The summed E-state index contributed by atoms with van der Waals surface area (Å²) in [6, 6.07) is 12.6. The fraction of sp³-hybridized carbons (Fsp3) is 0.222. The van der Waals surface area contributed by atoms with E-state index in [4.69, 9.17) is 4.74 Å². The van der Waals surface area contributed by atoms with E-state index in [9.17, 15) is 4.79 Å². The molecule has 2 aromatic heterocycles. The van der Waals surface area contributed by atoms with Crippen LogP contribution < -0.4 is 10.1 Å². The van der Waals surface area contributed by atoms with E-state index in [0.29, 0.717) is 11.5 Å². The van der Waals surface area contributed by atoms with Gasteiger partial charge in [0.25, 0.3) is 0 Å². The number of aryl methyl sites for hydroxylation is 1. The van der Waals surface area contributed by atoms with Crippen molar-refractivity contribution in [3.63, 3.8) is 0 Å². The van der Waals surface area contributed by atoms with E-state index < -0.39 is 6.04 Å². The predicted octanol–water partition coefficient (Wildman–Crippen LogP) is 2.76. The molecule has 0 spiro atoms. The number of carbonyl (C=O) groups excluding carboxylic acids is 1. The third kappa shape index (κ3) is 4.41. The Balaban J connectivity index is 1.58. The molecule has 2 heterocycles. The molecule has 0 aliphatic heterocycles. The van der Waals surface area contributed by atoms with Crippen LogP contribution in [0.4, 0.5) is 5.82 Å². The van der Waals surface area contributed by atoms with Crippen LogP contribution in [-0.4, -0.2) is 25.9 Å². The first-order valence-electron chi connectivity index (χ1n) is 7.94. The standard InChI is InChI=1S/C18H19N5O2/c1-13-8-9-17(19-10-13)20-18(24)14(2)23-11-15(21-22-23)12-25-16-6-4-3-5-7-16/h3-11,14H,12H2,1-2H3,(H,19,20,24)/t14-/m0/s1. The zero-order valence-corrected chi connectivity index (χ0v) is 14.1. The summed E-state index contributed by atoms with van der Waals surface area (Å²) in [5.74, 6) is 1.06. The van der Waals surface area contributed by atoms with E-state index in [-0.39, 0.29) is 12.5 Å². The maximum Gasteiger partial charge on any atom is 0.250 e. The van der Waals surface area contributed by atoms with Crippen molar-refractivity contribution < 1.29 is 9.53 Å². The van der Waals surface area contributed by atoms with Crippen LogP contribution in [0.1, 0.15) is 24.2 Å². The van der Waals surface area contributed by atoms with Gasteiger partial charge >= 0.3 is 0 Å². The van der Waals surface area contributed by atoms with E-state index in [2.05, 4.69) is 20.6 Å². The van der Waals surface area contributed by atoms with Crippen molar-refractivity contribution in [3.8, 4) is 5.75 Å². The molecular formula is C18H19N5O2. The number of rotatable bonds is 6. The molecule has 0 fully saturated rings. The zero-order chi connectivity index (χ0) is 17.6. The van der Waals surface area contributed by atoms with E-state index >= 15 is 0 Å². The van der Waals surface area contributed by atoms with Gasteiger partial charge in [0.05, 0.1) is 6.20 Å². The summed E-state index contributed by atoms with van der Waals surface area (Å²) >= 11 is 0. The Morgan fingerprint density at radius 3 is 2.76 bits per heavy atom. The first-order chi connectivity index (χ1) is 12.1. The number of anilines is 1. The van der Waals surface area contributed by atoms with Gasteiger partial charge in [-0.15, -0.1) is 5.10 Å². The van der Waals surface area contributed by atoms with Crippen molar-refractivity contribution in [1.82, 2.24) is 20.0 Å². The van der Waals surface area contributed by atoms with Crippen molar-refractivity contribution in [2.75, 3.05) is 5.32 Å². The molecule has 0 bridgehead atoms. The molecule has 128 valence electrons. The minimum Gasteiger partial charge on any atom is -0.487 e. The van der Waals surface area contributed by atoms with Gasteiger partial charge in [0.15, 0.2) is 0 Å². The SMILES string of the molecule is Cc1ccc(NC(=O)[C@H](C)n2cc(COc3ccccc3)nn2)nc1. The lowest BCUT2D eigenvalue weighted by Gasteiger charge is -2.11. The van der Waals surface area contributed by atoms with Gasteiger partial charge in [0.2, 0.25) is 5.91 Å². The Bertz CT molecular complexity index is 830. The lowest BCUT2D eigenvalue weighted by molar-refractivity contribution is -0.119. The lowest BCUT2D eigenvalue weighted by atomic mass is 10.3. The fourth-order valence-corrected chi connectivity index (χ4v) is 2.14. The molecule has 1 aromatic carbocycles. The van der Waals surface area contributed by atoms with Crippen LogP contribution in [0.15, 0.2) is 54.9 Å². The molecule has 0 unspecified atom stereocenters. The zero-order valence-electron chi connectivity index (χ0n) is 14.1. The number of nitrogens with zero attached hydrogens (tertiary/aromatic N) is 4. The van der Waals surface area contributed by atoms with Crippen molar-refractivity contribution in [2.24, 2.45) is 0 Å². The maximum absolute atomic E-state index is 12.3. The molecule has 0 saturated heterocycles. The van der Waals surface area contributed by atoms with Crippen LogP contribution in [0.3, 0.4) is 0 Å². The molecule has 1 amide bonds. The minimum absolute atomic E-state index is 0.211. The Kier molecular flexibility index (Phi) is 5.03. The second-order valence-corrected chi connectivity index (χ2v) is 5.68. The topological polar surface area (TPSA) is 81.9 Å². The molecule has 0 aliphatic carbocycles. The van der Waals surface area contributed by atoms with Crippen LogP contribution >= 0.6 is 0 Å². The molecule has 7 nitrogen and oxygen atoms in total. The summed E-state index contributed by atoms with van der Waals surface area (Å²) in [7, 11) is 0. The number of nitrogens with one attached hydrogen (secondary N) is 1. The quantitative estimate of drug-likeness (QED) is 0.748. The van der Waals surface area contributed by atoms with Gasteiger partial charge in [-0.05, 0) is 37.6 Å². The smallest absolute Gasteiger partial charge is 0.250 e. The highest BCUT2D eigenvalue weighted by Gasteiger charge is 2.17. The molecule has 0 aliphatic rings. The minimum atomic E-state index is -0.513. The van der Waals surface area contributed by atoms with Crippen LogP contribution in [0.5, 0.6) is 5.75 Å². The average Bonchev–Trinajstić information content (AvgIpc) is 3.11. The molecule has 25 heavy (non-hydrogen) atoms. The highest BCUT2D eigenvalue weighted by molar-refractivity contribution is 5.92. The number of aromatic nitrogens is 4. The molecule has 3 aromatic rings. The highest BCUT2D eigenvalue weighted by atomic mass is 16.5. The van der Waals surface area contributed by atoms with Crippen molar-refractivity contribution in [2.45, 2.75) is 26.5 Å². The molecule has 3 rings (SSSR count). The molecule has 0 radical (unpaired) electrons. The summed E-state index contributed by atoms with van der Waals surface area (Å²) < 4.78 is 7.13. The van der Waals surface area contributed by atoms with Gasteiger partial charge < -0.3 is 10.1 Å². The summed E-state index contributed by atoms with van der Waals surface area (Å²) in [5, 5.41) is 10.8. The number of hydrogen-bond acceptors (Lipinski definition) is 5. The largest absolute Gasteiger partial charge is 0.487 e. The van der Waals surface area contributed by atoms with E-state index in [1.807, 2.05) is 43.3 Å². The van der Waals surface area contributed by atoms with E-state index in [0.717, 1.165) is 11.3 Å². The Morgan fingerprint density at radius 2 is 2.04 bits per heavy atom. The first kappa shape index (κ1) is 16.6. The monoisotopic (exact) mass is 337 g/mol. The van der Waals surface area contributed by atoms with Crippen LogP contribution in [0.2, 0.25) is 0 Å². The molecule has 1 atom stereocenters. The van der Waals surface area contributed by atoms with Crippen molar-refractivity contribution >= 4 is 11.7 Å². The third-order valence-corrected chi connectivity index (χ3v) is 3.63. The average molecular weight is 337 g/mol. The maximum atomic E-state index is 12.3. The van der Waals surface area contributed by atoms with Crippen LogP contribution in [0.25, 0.3) is 0 Å². The number of pyridine rings is 1. The van der Waals surface area contributed by atoms with Gasteiger partial charge in [-0.3, -0.25) is 4.79 Å². The van der Waals surface area contributed by atoms with Crippen molar-refractivity contribution in [1.29, 1.82) is 0 Å². The summed E-state index contributed by atoms with van der Waals surface area (Å²) in [4.78, 5) is 16.5. The number of amides is 1. The number of carbonyl (C=O) groups is 1. The van der Waals surface area contributed by atoms with E-state index in [1.54, 1.807) is 25.4 Å². The molecule has 1 N–H and O–H groups in total. The van der Waals surface area contributed by atoms with Crippen LogP contribution in [0, 0.1) is 6.92 Å². The van der Waals surface area contributed by atoms with Gasteiger partial charge in [-0.2, -0.15) is 0 Å². The lowest BCUT2D eigenvalue weighted by Crippen LogP contribution is -2.24. The summed E-state index contributed by atoms with van der Waals surface area (Å²) in [5.41, 5.74) is 1.68. The van der Waals surface area contributed by atoms with Gasteiger partial charge in [-0.1, -0.05) is 29.5 Å². The molecule has 7 heteroatoms. The number of hydrogen-bond donors (Lipinski definition) is 1. The number of benzene rings is 1. The molecular weight excluding hydrogens is 318 g/mol. The van der Waals surface area contributed by atoms with Crippen molar-refractivity contribution in [3.05, 3.63) is 66.1 Å². The van der Waals surface area contributed by atoms with Crippen LogP contribution in [-0.2, 0) is 11.4 Å². The predicted molar refractivity (Wildman–Crippen MR) is 93.1 cm³/mol. The van der Waals surface area contributed by atoms with Gasteiger partial charge in [0.1, 0.15) is 29.9 Å². The fourth-order valence-electron chi connectivity index (χ4n) is 2.14. The second-order valence-electron chi connectivity index (χ2n) is 5.68. The summed E-state index contributed by atoms with van der Waals surface area (Å²) in [6.07, 6.45) is 3.41. The number of ether oxygens (including phenoxy) is 1. The molecule has 0 saturated carbocycles. The first-order valence-corrected chi connectivity index (χ1v) is 7.94. The second kappa shape index (κ2) is 7.57. The summed E-state index contributed by atoms with van der Waals surface area (Å²) in [6.45, 7) is 3.98. The van der Waals surface area contributed by atoms with Gasteiger partial charge in [-0.25, -0.2) is 9.67 Å². The highest BCUT2D eigenvalue weighted by Crippen LogP contribution is 2.13.